The first-order valence-electron chi connectivity index (χ1n) is 10.6. The number of rotatable bonds is 9. The summed E-state index contributed by atoms with van der Waals surface area (Å²) in [7, 11) is -4.13. The minimum Gasteiger partial charge on any atom is -0.312 e. The third-order valence-corrected chi connectivity index (χ3v) is 8.11. The Morgan fingerprint density at radius 2 is 1.95 bits per heavy atom. The standard InChI is InChI=1S/C23H19N5O6S3/c1-2-10-27-18-9-8-16(28(31)32)11-19(18)36-23(27)26-21(30)14-37(33,34)13-20(29)25-22-24-17(12-35-22)15-6-4-3-5-7-15/h2-9,11-12H,1,10,13-14H2,(H,24,25,29). The lowest BCUT2D eigenvalue weighted by Crippen LogP contribution is -2.28. The fourth-order valence-electron chi connectivity index (χ4n) is 3.37. The third-order valence-electron chi connectivity index (χ3n) is 4.92. The maximum Gasteiger partial charge on any atom is 0.270 e. The molecule has 2 amide bonds. The van der Waals surface area contributed by atoms with Gasteiger partial charge in [-0.15, -0.1) is 17.9 Å². The Bertz CT molecular complexity index is 1690. The smallest absolute Gasteiger partial charge is 0.270 e. The Morgan fingerprint density at radius 1 is 1.19 bits per heavy atom. The largest absolute Gasteiger partial charge is 0.312 e. The van der Waals surface area contributed by atoms with Crippen LogP contribution in [-0.4, -0.2) is 46.2 Å². The molecule has 11 nitrogen and oxygen atoms in total. The first-order valence-corrected chi connectivity index (χ1v) is 14.1. The van der Waals surface area contributed by atoms with E-state index in [0.29, 0.717) is 15.9 Å². The Morgan fingerprint density at radius 3 is 2.65 bits per heavy atom. The first kappa shape index (κ1) is 26.1. The highest BCUT2D eigenvalue weighted by Crippen LogP contribution is 2.25. The van der Waals surface area contributed by atoms with E-state index in [-0.39, 0.29) is 22.2 Å². The van der Waals surface area contributed by atoms with Crippen molar-refractivity contribution in [3.8, 4) is 11.3 Å². The van der Waals surface area contributed by atoms with Gasteiger partial charge in [0, 0.05) is 29.6 Å². The topological polar surface area (TPSA) is 154 Å². The van der Waals surface area contributed by atoms with E-state index < -0.39 is 38.1 Å². The normalized spacial score (nSPS) is 11.9. The van der Waals surface area contributed by atoms with Gasteiger partial charge in [0.25, 0.3) is 11.6 Å². The van der Waals surface area contributed by atoms with Gasteiger partial charge >= 0.3 is 0 Å². The van der Waals surface area contributed by atoms with E-state index in [1.807, 2.05) is 30.3 Å². The minimum atomic E-state index is -4.13. The van der Waals surface area contributed by atoms with E-state index in [0.717, 1.165) is 28.2 Å². The number of hydrogen-bond acceptors (Lipinski definition) is 9. The number of hydrogen-bond donors (Lipinski definition) is 1. The highest BCUT2D eigenvalue weighted by Gasteiger charge is 2.22. The van der Waals surface area contributed by atoms with Gasteiger partial charge in [0.2, 0.25) is 5.91 Å². The number of nitro benzene ring substituents is 1. The molecular formula is C23H19N5O6S3. The zero-order valence-corrected chi connectivity index (χ0v) is 21.5. The Labute approximate surface area is 218 Å². The van der Waals surface area contributed by atoms with Crippen LogP contribution in [0.3, 0.4) is 0 Å². The average molecular weight is 558 g/mol. The highest BCUT2D eigenvalue weighted by atomic mass is 32.2. The lowest BCUT2D eigenvalue weighted by Gasteiger charge is -2.03. The van der Waals surface area contributed by atoms with Gasteiger partial charge in [0.05, 0.1) is 20.8 Å². The summed E-state index contributed by atoms with van der Waals surface area (Å²) in [6.45, 7) is 3.91. The predicted octanol–water partition coefficient (Wildman–Crippen LogP) is 3.40. The number of sulfone groups is 1. The van der Waals surface area contributed by atoms with Crippen LogP contribution >= 0.6 is 22.7 Å². The summed E-state index contributed by atoms with van der Waals surface area (Å²) in [5.74, 6) is -3.68. The molecule has 2 aromatic carbocycles. The maximum absolute atomic E-state index is 12.5. The molecule has 1 N–H and O–H groups in total. The number of fused-ring (bicyclic) bond motifs is 1. The molecule has 0 spiro atoms. The van der Waals surface area contributed by atoms with Crippen LogP contribution in [0.4, 0.5) is 10.8 Å². The van der Waals surface area contributed by atoms with Gasteiger partial charge in [0.1, 0.15) is 11.5 Å². The number of nitrogens with zero attached hydrogens (tertiary/aromatic N) is 4. The van der Waals surface area contributed by atoms with Gasteiger partial charge in [-0.2, -0.15) is 4.99 Å². The summed E-state index contributed by atoms with van der Waals surface area (Å²) >= 11 is 2.16. The third kappa shape index (κ3) is 6.41. The number of benzene rings is 2. The summed E-state index contributed by atoms with van der Waals surface area (Å²) in [5.41, 5.74) is 1.95. The van der Waals surface area contributed by atoms with Crippen LogP contribution in [0.15, 0.2) is 71.6 Å². The van der Waals surface area contributed by atoms with Crippen molar-refractivity contribution < 1.29 is 22.9 Å². The van der Waals surface area contributed by atoms with Gasteiger partial charge in [-0.25, -0.2) is 13.4 Å². The molecule has 0 bridgehead atoms. The van der Waals surface area contributed by atoms with Crippen LogP contribution < -0.4 is 10.1 Å². The summed E-state index contributed by atoms with van der Waals surface area (Å²) in [6, 6.07) is 13.5. The number of nitro groups is 1. The lowest BCUT2D eigenvalue weighted by atomic mass is 10.2. The number of non-ortho nitro benzene ring substituents is 1. The van der Waals surface area contributed by atoms with E-state index in [1.165, 1.54) is 18.2 Å². The number of carbonyl (C=O) groups excluding carboxylic acids is 2. The second kappa shape index (κ2) is 10.9. The lowest BCUT2D eigenvalue weighted by molar-refractivity contribution is -0.384. The average Bonchev–Trinajstić information content (AvgIpc) is 3.43. The van der Waals surface area contributed by atoms with Gasteiger partial charge in [-0.1, -0.05) is 47.7 Å². The molecule has 2 aromatic heterocycles. The van der Waals surface area contributed by atoms with Crippen LogP contribution in [-0.2, 0) is 26.0 Å². The summed E-state index contributed by atoms with van der Waals surface area (Å²) < 4.78 is 27.1. The minimum absolute atomic E-state index is 0.123. The van der Waals surface area contributed by atoms with Crippen molar-refractivity contribution in [3.63, 3.8) is 0 Å². The van der Waals surface area contributed by atoms with Crippen molar-refractivity contribution in [1.82, 2.24) is 9.55 Å². The predicted molar refractivity (Wildman–Crippen MR) is 142 cm³/mol. The molecule has 2 heterocycles. The van der Waals surface area contributed by atoms with Crippen molar-refractivity contribution in [2.24, 2.45) is 4.99 Å². The number of amides is 2. The van der Waals surface area contributed by atoms with Crippen LogP contribution in [0.2, 0.25) is 0 Å². The molecule has 4 rings (SSSR count). The molecule has 0 aliphatic heterocycles. The van der Waals surface area contributed by atoms with Crippen molar-refractivity contribution in [1.29, 1.82) is 0 Å². The SMILES string of the molecule is C=CCn1c(=NC(=O)CS(=O)(=O)CC(=O)Nc2nc(-c3ccccc3)cs2)sc2cc([N+](=O)[O-])ccc21. The molecule has 0 atom stereocenters. The van der Waals surface area contributed by atoms with Crippen molar-refractivity contribution in [3.05, 3.63) is 81.5 Å². The monoisotopic (exact) mass is 557 g/mol. The van der Waals surface area contributed by atoms with Crippen LogP contribution in [0.5, 0.6) is 0 Å². The van der Waals surface area contributed by atoms with Crippen LogP contribution in [0.25, 0.3) is 21.5 Å². The maximum atomic E-state index is 12.5. The molecule has 37 heavy (non-hydrogen) atoms. The molecule has 0 saturated heterocycles. The molecule has 4 aromatic rings. The fraction of sp³-hybridized carbons (Fsp3) is 0.130. The van der Waals surface area contributed by atoms with Crippen molar-refractivity contribution in [2.45, 2.75) is 6.54 Å². The summed E-state index contributed by atoms with van der Waals surface area (Å²) in [4.78, 5) is 43.7. The van der Waals surface area contributed by atoms with Crippen molar-refractivity contribution in [2.75, 3.05) is 16.8 Å². The second-order valence-corrected chi connectivity index (χ2v) is 11.6. The number of thiazole rings is 2. The zero-order chi connectivity index (χ0) is 26.6. The van der Waals surface area contributed by atoms with Gasteiger partial charge in [-0.3, -0.25) is 19.7 Å². The zero-order valence-electron chi connectivity index (χ0n) is 19.1. The number of aromatic nitrogens is 2. The quantitative estimate of drug-likeness (QED) is 0.188. The van der Waals surface area contributed by atoms with Crippen LogP contribution in [0, 0.1) is 10.1 Å². The molecule has 0 saturated carbocycles. The molecule has 190 valence electrons. The van der Waals surface area contributed by atoms with Gasteiger partial charge in [0.15, 0.2) is 19.8 Å². The van der Waals surface area contributed by atoms with Crippen LogP contribution in [0.1, 0.15) is 0 Å². The number of carbonyl (C=O) groups is 2. The number of allylic oxidation sites excluding steroid dienone is 1. The number of nitrogens with one attached hydrogen (secondary N) is 1. The fourth-order valence-corrected chi connectivity index (χ4v) is 6.21. The first-order chi connectivity index (χ1) is 17.6. The summed E-state index contributed by atoms with van der Waals surface area (Å²) in [6.07, 6.45) is 1.56. The van der Waals surface area contributed by atoms with Gasteiger partial charge < -0.3 is 9.88 Å². The van der Waals surface area contributed by atoms with Gasteiger partial charge in [-0.05, 0) is 6.07 Å². The molecule has 14 heteroatoms. The Hall–Kier alpha value is -4.01. The summed E-state index contributed by atoms with van der Waals surface area (Å²) in [5, 5.41) is 15.5. The Balaban J connectivity index is 1.47. The van der Waals surface area contributed by atoms with E-state index in [4.69, 9.17) is 0 Å². The van der Waals surface area contributed by atoms with E-state index in [9.17, 15) is 28.1 Å². The highest BCUT2D eigenvalue weighted by molar-refractivity contribution is 7.92. The van der Waals surface area contributed by atoms with E-state index in [1.54, 1.807) is 16.0 Å². The van der Waals surface area contributed by atoms with E-state index in [2.05, 4.69) is 21.9 Å². The molecular weight excluding hydrogens is 538 g/mol. The molecule has 0 aliphatic carbocycles. The second-order valence-electron chi connectivity index (χ2n) is 7.68. The molecule has 0 fully saturated rings. The number of anilines is 1. The van der Waals surface area contributed by atoms with Crippen molar-refractivity contribution >= 4 is 65.4 Å². The Kier molecular flexibility index (Phi) is 7.71. The molecule has 0 unspecified atom stereocenters. The molecule has 0 aliphatic rings. The molecule has 0 radical (unpaired) electrons. The van der Waals surface area contributed by atoms with E-state index >= 15 is 0 Å².